The summed E-state index contributed by atoms with van der Waals surface area (Å²) in [6, 6.07) is 5.30. The Morgan fingerprint density at radius 1 is 1.47 bits per heavy atom. The largest absolute Gasteiger partial charge is 0.296 e. The summed E-state index contributed by atoms with van der Waals surface area (Å²) in [5.41, 5.74) is 1.26. The molecule has 0 aliphatic rings. The maximum atomic E-state index is 12.0. The molecule has 0 atom stereocenters. The lowest BCUT2D eigenvalue weighted by Gasteiger charge is -2.06. The van der Waals surface area contributed by atoms with Crippen molar-refractivity contribution >= 4 is 46.6 Å². The number of carbonyl (C=O) groups is 1. The highest BCUT2D eigenvalue weighted by Gasteiger charge is 2.14. The number of anilines is 1. The number of rotatable bonds is 2. The Hall–Kier alpha value is -1.11. The van der Waals surface area contributed by atoms with E-state index >= 15 is 0 Å². The molecule has 2 rings (SSSR count). The highest BCUT2D eigenvalue weighted by atomic mass is 35.5. The molecule has 1 N–H and O–H groups in total. The minimum Gasteiger partial charge on any atom is -0.296 e. The van der Waals surface area contributed by atoms with Crippen LogP contribution in [0.4, 0.5) is 5.13 Å². The van der Waals surface area contributed by atoms with Crippen LogP contribution in [0.15, 0.2) is 22.5 Å². The first kappa shape index (κ1) is 12.3. The third kappa shape index (κ3) is 2.77. The zero-order valence-corrected chi connectivity index (χ0v) is 11.2. The topological polar surface area (TPSA) is 54.9 Å². The number of amides is 1. The van der Waals surface area contributed by atoms with Crippen molar-refractivity contribution in [3.63, 3.8) is 0 Å². The lowest BCUT2D eigenvalue weighted by Crippen LogP contribution is -2.13. The Labute approximate surface area is 112 Å². The number of nitrogens with one attached hydrogen (secondary N) is 1. The molecule has 1 aromatic heterocycles. The van der Waals surface area contributed by atoms with E-state index in [2.05, 4.69) is 28.1 Å². The predicted molar refractivity (Wildman–Crippen MR) is 71.3 cm³/mol. The van der Waals surface area contributed by atoms with E-state index in [1.54, 1.807) is 12.1 Å². The second-order valence-electron chi connectivity index (χ2n) is 3.28. The molecule has 17 heavy (non-hydrogen) atoms. The van der Waals surface area contributed by atoms with Gasteiger partial charge in [0.2, 0.25) is 5.13 Å². The number of hydrogen-bond donors (Lipinski definition) is 2. The molecule has 4 nitrogen and oxygen atoms in total. The maximum absolute atomic E-state index is 12.0. The van der Waals surface area contributed by atoms with Gasteiger partial charge in [-0.1, -0.05) is 35.1 Å². The van der Waals surface area contributed by atoms with E-state index in [1.807, 2.05) is 13.0 Å². The Morgan fingerprint density at radius 3 is 2.82 bits per heavy atom. The molecular formula is C10H8ClN3OS2. The van der Waals surface area contributed by atoms with Gasteiger partial charge in [0.25, 0.3) is 5.91 Å². The fourth-order valence-electron chi connectivity index (χ4n) is 1.35. The van der Waals surface area contributed by atoms with Gasteiger partial charge >= 0.3 is 0 Å². The van der Waals surface area contributed by atoms with Crippen LogP contribution in [0.5, 0.6) is 0 Å². The van der Waals surface area contributed by atoms with Crippen molar-refractivity contribution in [2.75, 3.05) is 5.32 Å². The van der Waals surface area contributed by atoms with Gasteiger partial charge < -0.3 is 0 Å². The average Bonchev–Trinajstić information content (AvgIpc) is 2.63. The Morgan fingerprint density at radius 2 is 2.24 bits per heavy atom. The van der Waals surface area contributed by atoms with Gasteiger partial charge in [0.1, 0.15) is 0 Å². The number of carbonyl (C=O) groups excluding carboxylic acids is 1. The Bertz CT molecular complexity index is 550. The summed E-state index contributed by atoms with van der Waals surface area (Å²) in [5.74, 6) is -0.294. The maximum Gasteiger partial charge on any atom is 0.259 e. The van der Waals surface area contributed by atoms with Crippen LogP contribution in [0.1, 0.15) is 15.9 Å². The fourth-order valence-corrected chi connectivity index (χ4v) is 2.44. The van der Waals surface area contributed by atoms with Gasteiger partial charge in [0, 0.05) is 0 Å². The van der Waals surface area contributed by atoms with Gasteiger partial charge in [-0.15, -0.1) is 22.8 Å². The number of aryl methyl sites for hydroxylation is 1. The monoisotopic (exact) mass is 285 g/mol. The highest BCUT2D eigenvalue weighted by Crippen LogP contribution is 2.23. The van der Waals surface area contributed by atoms with Crippen LogP contribution < -0.4 is 5.32 Å². The number of benzene rings is 1. The minimum atomic E-state index is -0.294. The molecule has 1 heterocycles. The summed E-state index contributed by atoms with van der Waals surface area (Å²) in [4.78, 5) is 12.0. The molecule has 88 valence electrons. The normalized spacial score (nSPS) is 10.3. The van der Waals surface area contributed by atoms with Gasteiger partial charge in [-0.05, 0) is 18.6 Å². The van der Waals surface area contributed by atoms with E-state index in [0.717, 1.165) is 5.56 Å². The molecular weight excluding hydrogens is 278 g/mol. The van der Waals surface area contributed by atoms with Crippen molar-refractivity contribution in [3.05, 3.63) is 34.3 Å². The summed E-state index contributed by atoms with van der Waals surface area (Å²) in [6.07, 6.45) is 0. The third-order valence-electron chi connectivity index (χ3n) is 2.08. The minimum absolute atomic E-state index is 0.294. The summed E-state index contributed by atoms with van der Waals surface area (Å²) in [7, 11) is 0. The molecule has 0 unspecified atom stereocenters. The van der Waals surface area contributed by atoms with E-state index in [9.17, 15) is 4.79 Å². The molecule has 1 amide bonds. The summed E-state index contributed by atoms with van der Waals surface area (Å²) >= 11 is 11.2. The second kappa shape index (κ2) is 5.03. The lowest BCUT2D eigenvalue weighted by atomic mass is 10.1. The molecule has 7 heteroatoms. The van der Waals surface area contributed by atoms with E-state index in [4.69, 9.17) is 11.6 Å². The number of aromatic nitrogens is 2. The van der Waals surface area contributed by atoms with Crippen molar-refractivity contribution in [1.82, 2.24) is 10.2 Å². The molecule has 0 saturated carbocycles. The molecule has 0 aliphatic carbocycles. The van der Waals surface area contributed by atoms with Crippen LogP contribution in [-0.4, -0.2) is 16.1 Å². The molecule has 1 aromatic carbocycles. The van der Waals surface area contributed by atoms with Crippen LogP contribution in [0, 0.1) is 6.92 Å². The van der Waals surface area contributed by atoms with Crippen molar-refractivity contribution < 1.29 is 4.79 Å². The summed E-state index contributed by atoms with van der Waals surface area (Å²) in [6.45, 7) is 1.82. The van der Waals surface area contributed by atoms with Crippen molar-refractivity contribution in [1.29, 1.82) is 0 Å². The zero-order chi connectivity index (χ0) is 12.4. The molecule has 2 aromatic rings. The lowest BCUT2D eigenvalue weighted by molar-refractivity contribution is 0.102. The van der Waals surface area contributed by atoms with E-state index in [0.29, 0.717) is 20.1 Å². The first-order chi connectivity index (χ1) is 8.08. The van der Waals surface area contributed by atoms with Crippen LogP contribution in [0.3, 0.4) is 0 Å². The highest BCUT2D eigenvalue weighted by molar-refractivity contribution is 7.82. The van der Waals surface area contributed by atoms with Crippen LogP contribution in [-0.2, 0) is 0 Å². The van der Waals surface area contributed by atoms with Crippen LogP contribution in [0.2, 0.25) is 5.02 Å². The van der Waals surface area contributed by atoms with Gasteiger partial charge in [0.05, 0.1) is 10.6 Å². The number of nitrogens with zero attached hydrogens (tertiary/aromatic N) is 2. The quantitative estimate of drug-likeness (QED) is 0.659. The van der Waals surface area contributed by atoms with Gasteiger partial charge in [-0.2, -0.15) is 0 Å². The zero-order valence-electron chi connectivity index (χ0n) is 8.77. The smallest absolute Gasteiger partial charge is 0.259 e. The van der Waals surface area contributed by atoms with Gasteiger partial charge in [-0.3, -0.25) is 10.1 Å². The molecule has 0 radical (unpaired) electrons. The average molecular weight is 286 g/mol. The first-order valence-corrected chi connectivity index (χ1v) is 6.31. The van der Waals surface area contributed by atoms with Crippen molar-refractivity contribution in [2.24, 2.45) is 0 Å². The van der Waals surface area contributed by atoms with E-state index in [1.165, 1.54) is 11.3 Å². The summed E-state index contributed by atoms with van der Waals surface area (Å²) in [5, 5.41) is 10.9. The molecule has 0 saturated heterocycles. The Balaban J connectivity index is 2.26. The van der Waals surface area contributed by atoms with Gasteiger partial charge in [0.15, 0.2) is 4.34 Å². The van der Waals surface area contributed by atoms with Gasteiger partial charge in [-0.25, -0.2) is 0 Å². The first-order valence-electron chi connectivity index (χ1n) is 4.67. The Kier molecular flexibility index (Phi) is 3.66. The number of thiol groups is 1. The SMILES string of the molecule is Cc1cccc(Cl)c1C(=O)Nc1nnc(S)s1. The molecule has 0 aliphatic heterocycles. The van der Waals surface area contributed by atoms with Crippen molar-refractivity contribution in [2.45, 2.75) is 11.3 Å². The number of hydrogen-bond acceptors (Lipinski definition) is 5. The summed E-state index contributed by atoms with van der Waals surface area (Å²) < 4.78 is 0.496. The molecule has 0 bridgehead atoms. The molecule has 0 fully saturated rings. The fraction of sp³-hybridized carbons (Fsp3) is 0.100. The predicted octanol–water partition coefficient (Wildman–Crippen LogP) is 3.04. The second-order valence-corrected chi connectivity index (χ2v) is 5.39. The van der Waals surface area contributed by atoms with Crippen molar-refractivity contribution in [3.8, 4) is 0 Å². The standard InChI is InChI=1S/C10H8ClN3OS2/c1-5-3-2-4-6(11)7(5)8(15)12-9-13-14-10(16)17-9/h2-4H,1H3,(H,14,16)(H,12,13,15). The van der Waals surface area contributed by atoms with E-state index < -0.39 is 0 Å². The number of halogens is 1. The third-order valence-corrected chi connectivity index (χ3v) is 3.40. The molecule has 0 spiro atoms. The van der Waals surface area contributed by atoms with Crippen LogP contribution in [0.25, 0.3) is 0 Å². The van der Waals surface area contributed by atoms with Crippen LogP contribution >= 0.6 is 35.6 Å². The van der Waals surface area contributed by atoms with E-state index in [-0.39, 0.29) is 5.91 Å².